The van der Waals surface area contributed by atoms with Crippen LogP contribution in [-0.2, 0) is 28.9 Å². The molecular formula is C25H24N2O4. The zero-order valence-corrected chi connectivity index (χ0v) is 17.2. The highest BCUT2D eigenvalue weighted by molar-refractivity contribution is 5.94. The van der Waals surface area contributed by atoms with Crippen LogP contribution in [-0.4, -0.2) is 29.6 Å². The summed E-state index contributed by atoms with van der Waals surface area (Å²) in [6.45, 7) is 0. The van der Waals surface area contributed by atoms with Crippen molar-refractivity contribution >= 4 is 23.3 Å². The molecular weight excluding hydrogens is 392 g/mol. The Morgan fingerprint density at radius 3 is 2.23 bits per heavy atom. The third kappa shape index (κ3) is 4.38. The molecule has 0 unspecified atom stereocenters. The van der Waals surface area contributed by atoms with Crippen molar-refractivity contribution in [2.75, 3.05) is 17.7 Å². The number of carboxylic acids is 1. The van der Waals surface area contributed by atoms with Gasteiger partial charge >= 0.3 is 5.97 Å². The summed E-state index contributed by atoms with van der Waals surface area (Å²) < 4.78 is 5.39. The van der Waals surface area contributed by atoms with Gasteiger partial charge in [-0.15, -0.1) is 0 Å². The maximum absolute atomic E-state index is 12.5. The van der Waals surface area contributed by atoms with Crippen molar-refractivity contribution in [2.45, 2.75) is 24.8 Å². The first kappa shape index (κ1) is 20.5. The minimum Gasteiger partial charge on any atom is -0.495 e. The number of carboxylic acid groups (broad SMARTS) is 1. The Balaban J connectivity index is 1.55. The fourth-order valence-electron chi connectivity index (χ4n) is 4.04. The number of rotatable bonds is 7. The first-order valence-electron chi connectivity index (χ1n) is 10.1. The predicted octanol–water partition coefficient (Wildman–Crippen LogP) is 3.91. The Morgan fingerprint density at radius 2 is 1.61 bits per heavy atom. The quantitative estimate of drug-likeness (QED) is 0.544. The number of fused-ring (bicyclic) bond motifs is 1. The number of benzene rings is 3. The smallest absolute Gasteiger partial charge is 0.330 e. The minimum atomic E-state index is -1.14. The summed E-state index contributed by atoms with van der Waals surface area (Å²) in [5.41, 5.74) is 2.92. The monoisotopic (exact) mass is 416 g/mol. The molecule has 0 aromatic heterocycles. The van der Waals surface area contributed by atoms with Crippen LogP contribution in [0.4, 0.5) is 11.4 Å². The van der Waals surface area contributed by atoms with E-state index in [1.165, 1.54) is 7.11 Å². The van der Waals surface area contributed by atoms with Gasteiger partial charge in [-0.05, 0) is 34.9 Å². The molecule has 0 radical (unpaired) electrons. The Labute approximate surface area is 180 Å². The number of carbonyl (C=O) groups is 2. The Morgan fingerprint density at radius 1 is 0.968 bits per heavy atom. The molecule has 31 heavy (non-hydrogen) atoms. The van der Waals surface area contributed by atoms with E-state index in [0.29, 0.717) is 30.0 Å². The lowest BCUT2D eigenvalue weighted by Gasteiger charge is -2.27. The Kier molecular flexibility index (Phi) is 5.62. The number of hydrogen-bond donors (Lipinski definition) is 3. The van der Waals surface area contributed by atoms with Crippen molar-refractivity contribution in [2.24, 2.45) is 0 Å². The SMILES string of the molecule is COc1ccc(NC2(C(=O)O)Cc3ccccc3C2)cc1NC(=O)Cc1ccccc1. The molecule has 4 rings (SSSR count). The molecule has 6 nitrogen and oxygen atoms in total. The van der Waals surface area contributed by atoms with Gasteiger partial charge in [0.2, 0.25) is 5.91 Å². The van der Waals surface area contributed by atoms with E-state index in [1.807, 2.05) is 54.6 Å². The summed E-state index contributed by atoms with van der Waals surface area (Å²) in [7, 11) is 1.53. The van der Waals surface area contributed by atoms with Crippen molar-refractivity contribution < 1.29 is 19.4 Å². The van der Waals surface area contributed by atoms with Crippen molar-refractivity contribution in [1.82, 2.24) is 0 Å². The molecule has 0 aliphatic heterocycles. The molecule has 158 valence electrons. The van der Waals surface area contributed by atoms with Gasteiger partial charge in [-0.1, -0.05) is 54.6 Å². The first-order valence-corrected chi connectivity index (χ1v) is 10.1. The van der Waals surface area contributed by atoms with Crippen LogP contribution in [0.15, 0.2) is 72.8 Å². The normalized spacial score (nSPS) is 13.8. The van der Waals surface area contributed by atoms with Gasteiger partial charge in [-0.3, -0.25) is 4.79 Å². The van der Waals surface area contributed by atoms with Gasteiger partial charge in [0.25, 0.3) is 0 Å². The second-order valence-electron chi connectivity index (χ2n) is 7.76. The maximum Gasteiger partial charge on any atom is 0.330 e. The first-order chi connectivity index (χ1) is 15.0. The van der Waals surface area contributed by atoms with Crippen molar-refractivity contribution in [1.29, 1.82) is 0 Å². The van der Waals surface area contributed by atoms with Crippen LogP contribution in [0.25, 0.3) is 0 Å². The molecule has 0 saturated carbocycles. The zero-order chi connectivity index (χ0) is 21.8. The summed E-state index contributed by atoms with van der Waals surface area (Å²) in [6.07, 6.45) is 1.01. The van der Waals surface area contributed by atoms with E-state index in [4.69, 9.17) is 4.74 Å². The number of carbonyl (C=O) groups excluding carboxylic acids is 1. The van der Waals surface area contributed by atoms with E-state index in [-0.39, 0.29) is 12.3 Å². The van der Waals surface area contributed by atoms with Gasteiger partial charge in [-0.25, -0.2) is 4.79 Å². The van der Waals surface area contributed by atoms with Crippen LogP contribution in [0.5, 0.6) is 5.75 Å². The van der Waals surface area contributed by atoms with Crippen LogP contribution >= 0.6 is 0 Å². The average molecular weight is 416 g/mol. The highest BCUT2D eigenvalue weighted by Gasteiger charge is 2.44. The molecule has 1 amide bonds. The summed E-state index contributed by atoms with van der Waals surface area (Å²) >= 11 is 0. The van der Waals surface area contributed by atoms with Crippen molar-refractivity contribution in [3.63, 3.8) is 0 Å². The number of nitrogens with one attached hydrogen (secondary N) is 2. The highest BCUT2D eigenvalue weighted by atomic mass is 16.5. The third-order valence-electron chi connectivity index (χ3n) is 5.58. The van der Waals surface area contributed by atoms with Gasteiger partial charge in [0.15, 0.2) is 0 Å². The summed E-state index contributed by atoms with van der Waals surface area (Å²) in [6, 6.07) is 22.4. The largest absolute Gasteiger partial charge is 0.495 e. The number of ether oxygens (including phenoxy) is 1. The second kappa shape index (κ2) is 8.52. The third-order valence-corrected chi connectivity index (χ3v) is 5.58. The Hall–Kier alpha value is -3.80. The van der Waals surface area contributed by atoms with E-state index < -0.39 is 11.5 Å². The lowest BCUT2D eigenvalue weighted by Crippen LogP contribution is -2.47. The number of aliphatic carboxylic acids is 1. The number of anilines is 2. The standard InChI is InChI=1S/C25H24N2O4/c1-31-22-12-11-20(14-21(22)26-23(28)13-17-7-3-2-4-8-17)27-25(24(29)30)15-18-9-5-6-10-19(18)16-25/h2-12,14,27H,13,15-16H2,1H3,(H,26,28)(H,29,30). The summed E-state index contributed by atoms with van der Waals surface area (Å²) in [4.78, 5) is 24.8. The summed E-state index contributed by atoms with van der Waals surface area (Å²) in [5, 5.41) is 16.1. The topological polar surface area (TPSA) is 87.7 Å². The molecule has 3 aromatic rings. The molecule has 3 N–H and O–H groups in total. The van der Waals surface area contributed by atoms with E-state index >= 15 is 0 Å². The minimum absolute atomic E-state index is 0.178. The van der Waals surface area contributed by atoms with Gasteiger partial charge in [0, 0.05) is 18.5 Å². The van der Waals surface area contributed by atoms with Crippen LogP contribution in [0, 0.1) is 0 Å². The van der Waals surface area contributed by atoms with Crippen LogP contribution in [0.1, 0.15) is 16.7 Å². The van der Waals surface area contributed by atoms with Crippen LogP contribution < -0.4 is 15.4 Å². The zero-order valence-electron chi connectivity index (χ0n) is 17.2. The van der Waals surface area contributed by atoms with Gasteiger partial charge in [0.1, 0.15) is 11.3 Å². The number of hydrogen-bond acceptors (Lipinski definition) is 4. The van der Waals surface area contributed by atoms with E-state index in [2.05, 4.69) is 10.6 Å². The highest BCUT2D eigenvalue weighted by Crippen LogP contribution is 2.35. The lowest BCUT2D eigenvalue weighted by atomic mass is 9.95. The van der Waals surface area contributed by atoms with Crippen molar-refractivity contribution in [3.8, 4) is 5.75 Å². The fraction of sp³-hybridized carbons (Fsp3) is 0.200. The lowest BCUT2D eigenvalue weighted by molar-refractivity contribution is -0.142. The van der Waals surface area contributed by atoms with E-state index in [1.54, 1.807) is 18.2 Å². The Bertz CT molecular complexity index is 1090. The van der Waals surface area contributed by atoms with Crippen molar-refractivity contribution in [3.05, 3.63) is 89.5 Å². The molecule has 0 saturated heterocycles. The number of methoxy groups -OCH3 is 1. The van der Waals surface area contributed by atoms with Gasteiger partial charge in [-0.2, -0.15) is 0 Å². The maximum atomic E-state index is 12.5. The van der Waals surface area contributed by atoms with Gasteiger partial charge < -0.3 is 20.5 Å². The fourth-order valence-corrected chi connectivity index (χ4v) is 4.04. The van der Waals surface area contributed by atoms with Crippen LogP contribution in [0.3, 0.4) is 0 Å². The molecule has 0 bridgehead atoms. The van der Waals surface area contributed by atoms with E-state index in [0.717, 1.165) is 16.7 Å². The number of amides is 1. The molecule has 6 heteroatoms. The molecule has 0 spiro atoms. The second-order valence-corrected chi connectivity index (χ2v) is 7.76. The molecule has 0 heterocycles. The van der Waals surface area contributed by atoms with Gasteiger partial charge in [0.05, 0.1) is 19.2 Å². The summed E-state index contributed by atoms with van der Waals surface area (Å²) in [5.74, 6) is -0.580. The predicted molar refractivity (Wildman–Crippen MR) is 120 cm³/mol. The molecule has 0 fully saturated rings. The van der Waals surface area contributed by atoms with E-state index in [9.17, 15) is 14.7 Å². The molecule has 3 aromatic carbocycles. The molecule has 0 atom stereocenters. The van der Waals surface area contributed by atoms with Crippen LogP contribution in [0.2, 0.25) is 0 Å². The average Bonchev–Trinajstić information content (AvgIpc) is 3.14. The molecule has 1 aliphatic rings. The molecule has 1 aliphatic carbocycles.